The van der Waals surface area contributed by atoms with Gasteiger partial charge in [-0.15, -0.1) is 0 Å². The van der Waals surface area contributed by atoms with Gasteiger partial charge in [0.05, 0.1) is 7.11 Å². The first-order chi connectivity index (χ1) is 14.0. The number of aromatic nitrogens is 1. The molecule has 29 heavy (non-hydrogen) atoms. The molecule has 3 aromatic rings. The number of fused-ring (bicyclic) bond motifs is 1. The number of nitrogens with zero attached hydrogens (tertiary/aromatic N) is 2. The fraction of sp³-hybridized carbons (Fsp3) is 0.304. The average Bonchev–Trinajstić information content (AvgIpc) is 2.74. The van der Waals surface area contributed by atoms with Crippen LogP contribution in [0.5, 0.6) is 5.75 Å². The molecule has 6 heteroatoms. The second-order valence-electron chi connectivity index (χ2n) is 7.51. The molecule has 1 aliphatic rings. The van der Waals surface area contributed by atoms with Crippen molar-refractivity contribution in [1.29, 1.82) is 0 Å². The summed E-state index contributed by atoms with van der Waals surface area (Å²) in [5.41, 5.74) is 3.28. The summed E-state index contributed by atoms with van der Waals surface area (Å²) in [5.74, 6) is 0.836. The van der Waals surface area contributed by atoms with Gasteiger partial charge in [-0.05, 0) is 43.3 Å². The third-order valence-electron chi connectivity index (χ3n) is 5.45. The maximum atomic E-state index is 12.7. The van der Waals surface area contributed by atoms with E-state index >= 15 is 0 Å². The normalized spacial score (nSPS) is 14.9. The first-order valence-corrected chi connectivity index (χ1v) is 9.82. The molecule has 2 aromatic carbocycles. The zero-order valence-corrected chi connectivity index (χ0v) is 16.8. The molecule has 1 aliphatic heterocycles. The van der Waals surface area contributed by atoms with E-state index in [1.165, 1.54) is 0 Å². The highest BCUT2D eigenvalue weighted by Crippen LogP contribution is 2.19. The number of H-pyrrole nitrogens is 1. The molecule has 1 N–H and O–H groups in total. The first kappa shape index (κ1) is 19.2. The van der Waals surface area contributed by atoms with E-state index in [0.29, 0.717) is 19.6 Å². The van der Waals surface area contributed by atoms with E-state index in [4.69, 9.17) is 4.74 Å². The number of carbonyl (C=O) groups is 1. The van der Waals surface area contributed by atoms with Crippen LogP contribution in [-0.2, 0) is 6.54 Å². The molecule has 1 aromatic heterocycles. The first-order valence-electron chi connectivity index (χ1n) is 9.82. The van der Waals surface area contributed by atoms with Gasteiger partial charge in [0.2, 0.25) is 0 Å². The van der Waals surface area contributed by atoms with Gasteiger partial charge in [-0.2, -0.15) is 0 Å². The maximum absolute atomic E-state index is 12.7. The summed E-state index contributed by atoms with van der Waals surface area (Å²) in [5, 5.41) is 0.951. The number of pyridine rings is 1. The van der Waals surface area contributed by atoms with E-state index in [-0.39, 0.29) is 11.5 Å². The second-order valence-corrected chi connectivity index (χ2v) is 7.51. The number of amides is 1. The smallest absolute Gasteiger partial charge is 0.253 e. The predicted octanol–water partition coefficient (Wildman–Crippen LogP) is 2.80. The molecular formula is C23H25N3O3. The summed E-state index contributed by atoms with van der Waals surface area (Å²) in [6, 6.07) is 15.2. The number of hydrogen-bond acceptors (Lipinski definition) is 4. The molecule has 4 rings (SSSR count). The van der Waals surface area contributed by atoms with Gasteiger partial charge in [0.15, 0.2) is 0 Å². The predicted molar refractivity (Wildman–Crippen MR) is 113 cm³/mol. The molecule has 6 nitrogen and oxygen atoms in total. The van der Waals surface area contributed by atoms with Crippen molar-refractivity contribution in [1.82, 2.24) is 14.8 Å². The fourth-order valence-electron chi connectivity index (χ4n) is 3.78. The van der Waals surface area contributed by atoms with Gasteiger partial charge >= 0.3 is 0 Å². The Kier molecular flexibility index (Phi) is 5.36. The highest BCUT2D eigenvalue weighted by atomic mass is 16.5. The van der Waals surface area contributed by atoms with Crippen molar-refractivity contribution >= 4 is 16.8 Å². The van der Waals surface area contributed by atoms with Gasteiger partial charge in [0.25, 0.3) is 11.5 Å². The Hall–Kier alpha value is -3.12. The van der Waals surface area contributed by atoms with Crippen LogP contribution in [0.25, 0.3) is 10.9 Å². The van der Waals surface area contributed by atoms with Crippen LogP contribution in [0.4, 0.5) is 0 Å². The molecule has 0 atom stereocenters. The number of ether oxygens (including phenoxy) is 1. The SMILES string of the molecule is COc1ccc2[nH]c(=O)c(CN3CCN(C(=O)c4cccc(C)c4)CC3)cc2c1. The Balaban J connectivity index is 1.43. The Morgan fingerprint density at radius 3 is 2.59 bits per heavy atom. The summed E-state index contributed by atoms with van der Waals surface area (Å²) in [6.07, 6.45) is 0. The monoisotopic (exact) mass is 391 g/mol. The summed E-state index contributed by atoms with van der Waals surface area (Å²) < 4.78 is 5.28. The lowest BCUT2D eigenvalue weighted by Crippen LogP contribution is -2.48. The Bertz CT molecular complexity index is 1100. The Labute approximate surface area is 169 Å². The molecule has 0 bridgehead atoms. The lowest BCUT2D eigenvalue weighted by Gasteiger charge is -2.34. The van der Waals surface area contributed by atoms with E-state index in [0.717, 1.165) is 46.4 Å². The molecule has 0 unspecified atom stereocenters. The van der Waals surface area contributed by atoms with E-state index in [9.17, 15) is 9.59 Å². The number of aromatic amines is 1. The van der Waals surface area contributed by atoms with Crippen molar-refractivity contribution in [3.63, 3.8) is 0 Å². The second kappa shape index (κ2) is 8.09. The Morgan fingerprint density at radius 1 is 1.07 bits per heavy atom. The number of rotatable bonds is 4. The van der Waals surface area contributed by atoms with E-state index in [1.54, 1.807) is 7.11 Å². The topological polar surface area (TPSA) is 65.6 Å². The van der Waals surface area contributed by atoms with Gasteiger partial charge in [0.1, 0.15) is 5.75 Å². The molecule has 0 radical (unpaired) electrons. The van der Waals surface area contributed by atoms with Crippen LogP contribution in [0.3, 0.4) is 0 Å². The number of carbonyl (C=O) groups excluding carboxylic acids is 1. The van der Waals surface area contributed by atoms with Crippen LogP contribution >= 0.6 is 0 Å². The van der Waals surface area contributed by atoms with Gasteiger partial charge < -0.3 is 14.6 Å². The molecule has 0 spiro atoms. The zero-order valence-electron chi connectivity index (χ0n) is 16.8. The molecule has 150 valence electrons. The molecule has 1 amide bonds. The summed E-state index contributed by atoms with van der Waals surface area (Å²) in [4.78, 5) is 32.3. The van der Waals surface area contributed by atoms with Crippen molar-refractivity contribution in [3.05, 3.63) is 75.6 Å². The van der Waals surface area contributed by atoms with E-state index in [1.807, 2.05) is 60.4 Å². The van der Waals surface area contributed by atoms with Gasteiger partial charge in [-0.25, -0.2) is 0 Å². The lowest BCUT2D eigenvalue weighted by molar-refractivity contribution is 0.0628. The number of hydrogen-bond donors (Lipinski definition) is 1. The number of nitrogens with one attached hydrogen (secondary N) is 1. The van der Waals surface area contributed by atoms with Gasteiger partial charge in [-0.3, -0.25) is 14.5 Å². The number of benzene rings is 2. The van der Waals surface area contributed by atoms with Crippen molar-refractivity contribution in [2.24, 2.45) is 0 Å². The number of aryl methyl sites for hydroxylation is 1. The summed E-state index contributed by atoms with van der Waals surface area (Å²) in [6.45, 7) is 5.36. The third kappa shape index (κ3) is 4.17. The molecule has 0 saturated carbocycles. The minimum atomic E-state index is -0.0686. The fourth-order valence-corrected chi connectivity index (χ4v) is 3.78. The van der Waals surface area contributed by atoms with Crippen LogP contribution in [0, 0.1) is 6.92 Å². The van der Waals surface area contributed by atoms with Crippen LogP contribution in [0.1, 0.15) is 21.5 Å². The van der Waals surface area contributed by atoms with Crippen molar-refractivity contribution in [2.75, 3.05) is 33.3 Å². The van der Waals surface area contributed by atoms with Crippen molar-refractivity contribution < 1.29 is 9.53 Å². The highest BCUT2D eigenvalue weighted by Gasteiger charge is 2.22. The van der Waals surface area contributed by atoms with Crippen LogP contribution < -0.4 is 10.3 Å². The van der Waals surface area contributed by atoms with E-state index in [2.05, 4.69) is 9.88 Å². The van der Waals surface area contributed by atoms with Crippen molar-refractivity contribution in [3.8, 4) is 5.75 Å². The largest absolute Gasteiger partial charge is 0.497 e. The molecule has 0 aliphatic carbocycles. The zero-order chi connectivity index (χ0) is 20.4. The van der Waals surface area contributed by atoms with Gasteiger partial charge in [-0.1, -0.05) is 17.7 Å². The molecule has 1 fully saturated rings. The number of methoxy groups -OCH3 is 1. The standard InChI is InChI=1S/C23H25N3O3/c1-16-4-3-5-17(12-16)23(28)26-10-8-25(9-11-26)15-19-13-18-14-20(29-2)6-7-21(18)24-22(19)27/h3-7,12-14H,8-11,15H2,1-2H3,(H,24,27). The minimum Gasteiger partial charge on any atom is -0.497 e. The maximum Gasteiger partial charge on any atom is 0.253 e. The highest BCUT2D eigenvalue weighted by molar-refractivity contribution is 5.94. The average molecular weight is 391 g/mol. The van der Waals surface area contributed by atoms with Crippen LogP contribution in [-0.4, -0.2) is 54.0 Å². The minimum absolute atomic E-state index is 0.0686. The lowest BCUT2D eigenvalue weighted by atomic mass is 10.1. The van der Waals surface area contributed by atoms with Crippen molar-refractivity contribution in [2.45, 2.75) is 13.5 Å². The molecule has 1 saturated heterocycles. The third-order valence-corrected chi connectivity index (χ3v) is 5.45. The van der Waals surface area contributed by atoms with Crippen LogP contribution in [0.15, 0.2) is 53.3 Å². The van der Waals surface area contributed by atoms with E-state index < -0.39 is 0 Å². The molecule has 2 heterocycles. The van der Waals surface area contributed by atoms with Gasteiger partial charge in [0, 0.05) is 54.8 Å². The quantitative estimate of drug-likeness (QED) is 0.743. The van der Waals surface area contributed by atoms with Crippen LogP contribution in [0.2, 0.25) is 0 Å². The summed E-state index contributed by atoms with van der Waals surface area (Å²) >= 11 is 0. The Morgan fingerprint density at radius 2 is 1.86 bits per heavy atom. The molecular weight excluding hydrogens is 366 g/mol. The number of piperazine rings is 1. The summed E-state index contributed by atoms with van der Waals surface area (Å²) in [7, 11) is 1.63.